The third-order valence-corrected chi connectivity index (χ3v) is 8.09. The summed E-state index contributed by atoms with van der Waals surface area (Å²) in [6, 6.07) is 12.8. The van der Waals surface area contributed by atoms with Gasteiger partial charge in [-0.05, 0) is 25.1 Å². The second-order valence-corrected chi connectivity index (χ2v) is 10.0. The zero-order valence-corrected chi connectivity index (χ0v) is 19.1. The number of nitro benzene ring substituents is 1. The summed E-state index contributed by atoms with van der Waals surface area (Å²) in [4.78, 5) is 17.2. The van der Waals surface area contributed by atoms with Crippen LogP contribution in [-0.2, 0) is 10.0 Å². The minimum absolute atomic E-state index is 0.0864. The Kier molecular flexibility index (Phi) is 5.19. The van der Waals surface area contributed by atoms with E-state index in [4.69, 9.17) is 16.6 Å². The Morgan fingerprint density at radius 3 is 2.52 bits per heavy atom. The number of hydrogen-bond donors (Lipinski definition) is 0. The first-order valence-corrected chi connectivity index (χ1v) is 12.0. The normalized spacial score (nSPS) is 15.4. The van der Waals surface area contributed by atoms with E-state index in [1.54, 1.807) is 4.52 Å². The molecule has 0 radical (unpaired) electrons. The van der Waals surface area contributed by atoms with E-state index in [1.165, 1.54) is 22.5 Å². The molecule has 0 aliphatic carbocycles. The van der Waals surface area contributed by atoms with Crippen molar-refractivity contribution in [3.8, 4) is 0 Å². The third-order valence-electron chi connectivity index (χ3n) is 5.75. The van der Waals surface area contributed by atoms with Crippen molar-refractivity contribution < 1.29 is 13.3 Å². The number of hydrogen-bond acceptors (Lipinski definition) is 7. The number of non-ortho nitro benzene ring substituents is 1. The van der Waals surface area contributed by atoms with Crippen molar-refractivity contribution in [1.82, 2.24) is 18.9 Å². The molecule has 4 aromatic rings. The number of para-hydroxylation sites is 1. The van der Waals surface area contributed by atoms with Crippen LogP contribution in [-0.4, -0.2) is 58.4 Å². The van der Waals surface area contributed by atoms with Gasteiger partial charge in [-0.3, -0.25) is 10.1 Å². The predicted molar refractivity (Wildman–Crippen MR) is 124 cm³/mol. The fraction of sp³-hybridized carbons (Fsp3) is 0.238. The first-order valence-electron chi connectivity index (χ1n) is 10.2. The fourth-order valence-corrected chi connectivity index (χ4v) is 5.68. The molecule has 0 unspecified atom stereocenters. The average Bonchev–Trinajstić information content (AvgIpc) is 3.12. The summed E-state index contributed by atoms with van der Waals surface area (Å²) < 4.78 is 29.2. The Balaban J connectivity index is 1.46. The molecule has 0 amide bonds. The van der Waals surface area contributed by atoms with Crippen molar-refractivity contribution in [3.05, 3.63) is 69.4 Å². The highest BCUT2D eigenvalue weighted by atomic mass is 35.5. The van der Waals surface area contributed by atoms with Crippen molar-refractivity contribution >= 4 is 49.7 Å². The number of aryl methyl sites for hydroxylation is 1. The van der Waals surface area contributed by atoms with Crippen LogP contribution < -0.4 is 4.90 Å². The van der Waals surface area contributed by atoms with Crippen LogP contribution in [0.1, 0.15) is 5.69 Å². The Morgan fingerprint density at radius 2 is 1.79 bits per heavy atom. The van der Waals surface area contributed by atoms with Crippen LogP contribution in [0.25, 0.3) is 16.6 Å². The molecule has 2 aromatic carbocycles. The summed E-state index contributed by atoms with van der Waals surface area (Å²) in [5.74, 6) is 0.715. The third kappa shape index (κ3) is 3.58. The first kappa shape index (κ1) is 21.6. The van der Waals surface area contributed by atoms with E-state index in [-0.39, 0.29) is 23.7 Å². The van der Waals surface area contributed by atoms with Crippen molar-refractivity contribution in [3.63, 3.8) is 0 Å². The maximum atomic E-state index is 13.1. The van der Waals surface area contributed by atoms with Crippen LogP contribution in [0.2, 0.25) is 5.02 Å². The fourth-order valence-electron chi connectivity index (χ4n) is 4.06. The van der Waals surface area contributed by atoms with Gasteiger partial charge in [-0.2, -0.15) is 9.40 Å². The Morgan fingerprint density at radius 1 is 1.06 bits per heavy atom. The van der Waals surface area contributed by atoms with E-state index in [2.05, 4.69) is 5.10 Å². The summed E-state index contributed by atoms with van der Waals surface area (Å²) in [5.41, 5.74) is 1.83. The second-order valence-electron chi connectivity index (χ2n) is 7.73. The number of benzene rings is 2. The van der Waals surface area contributed by atoms with Crippen LogP contribution >= 0.6 is 11.6 Å². The molecule has 33 heavy (non-hydrogen) atoms. The molecular formula is C21H19ClN6O4S. The number of fused-ring (bicyclic) bond motifs is 3. The Hall–Kier alpha value is -3.28. The second kappa shape index (κ2) is 7.94. The molecule has 2 aromatic heterocycles. The van der Waals surface area contributed by atoms with E-state index in [0.29, 0.717) is 35.3 Å². The van der Waals surface area contributed by atoms with Gasteiger partial charge in [0.2, 0.25) is 10.0 Å². The van der Waals surface area contributed by atoms with E-state index in [1.807, 2.05) is 36.1 Å². The lowest BCUT2D eigenvalue weighted by atomic mass is 10.2. The number of nitrogens with zero attached hydrogens (tertiary/aromatic N) is 6. The van der Waals surface area contributed by atoms with E-state index >= 15 is 0 Å². The van der Waals surface area contributed by atoms with Crippen molar-refractivity contribution in [1.29, 1.82) is 0 Å². The molecule has 0 bridgehead atoms. The minimum atomic E-state index is -3.86. The lowest BCUT2D eigenvalue weighted by Gasteiger charge is -2.35. The largest absolute Gasteiger partial charge is 0.353 e. The molecule has 12 heteroatoms. The predicted octanol–water partition coefficient (Wildman–Crippen LogP) is 3.26. The molecule has 0 spiro atoms. The maximum absolute atomic E-state index is 13.1. The lowest BCUT2D eigenvalue weighted by molar-refractivity contribution is -0.385. The molecule has 1 aliphatic rings. The molecule has 0 N–H and O–H groups in total. The standard InChI is InChI=1S/C21H19ClN6O4S/c1-14-19(22)21-23-20(17-7-2-3-8-18(17)27(21)24-14)25-9-11-26(12-10-25)33(31,32)16-6-4-5-15(13-16)28(29)30/h2-8,13H,9-12H2,1H3. The zero-order valence-electron chi connectivity index (χ0n) is 17.5. The Labute approximate surface area is 194 Å². The number of aromatic nitrogens is 3. The molecule has 0 saturated carbocycles. The van der Waals surface area contributed by atoms with Crippen LogP contribution in [0, 0.1) is 17.0 Å². The van der Waals surface area contributed by atoms with Crippen LogP contribution in [0.5, 0.6) is 0 Å². The maximum Gasteiger partial charge on any atom is 0.270 e. The van der Waals surface area contributed by atoms with Gasteiger partial charge in [-0.1, -0.05) is 29.8 Å². The summed E-state index contributed by atoms with van der Waals surface area (Å²) in [6.45, 7) is 3.08. The smallest absolute Gasteiger partial charge is 0.270 e. The van der Waals surface area contributed by atoms with Crippen molar-refractivity contribution in [2.24, 2.45) is 0 Å². The Bertz CT molecular complexity index is 1510. The number of anilines is 1. The molecule has 5 rings (SSSR count). The van der Waals surface area contributed by atoms with Gasteiger partial charge in [-0.15, -0.1) is 0 Å². The molecular weight excluding hydrogens is 468 g/mol. The van der Waals surface area contributed by atoms with E-state index in [0.717, 1.165) is 17.0 Å². The van der Waals surface area contributed by atoms with Gasteiger partial charge in [0, 0.05) is 43.7 Å². The molecule has 10 nitrogen and oxygen atoms in total. The van der Waals surface area contributed by atoms with Gasteiger partial charge in [0.15, 0.2) is 5.65 Å². The summed E-state index contributed by atoms with van der Waals surface area (Å²) in [7, 11) is -3.86. The van der Waals surface area contributed by atoms with Crippen molar-refractivity contribution in [2.45, 2.75) is 11.8 Å². The highest BCUT2D eigenvalue weighted by Crippen LogP contribution is 2.31. The highest BCUT2D eigenvalue weighted by molar-refractivity contribution is 7.89. The molecule has 3 heterocycles. The molecule has 1 fully saturated rings. The van der Waals surface area contributed by atoms with Gasteiger partial charge in [0.1, 0.15) is 10.8 Å². The minimum Gasteiger partial charge on any atom is -0.353 e. The molecule has 1 saturated heterocycles. The van der Waals surface area contributed by atoms with Crippen LogP contribution in [0.4, 0.5) is 11.5 Å². The topological polar surface area (TPSA) is 114 Å². The summed E-state index contributed by atoms with van der Waals surface area (Å²) in [5, 5.41) is 16.9. The molecule has 170 valence electrons. The van der Waals surface area contributed by atoms with Crippen LogP contribution in [0.15, 0.2) is 53.4 Å². The number of halogens is 1. The van der Waals surface area contributed by atoms with Gasteiger partial charge < -0.3 is 4.90 Å². The zero-order chi connectivity index (χ0) is 23.3. The van der Waals surface area contributed by atoms with Gasteiger partial charge in [-0.25, -0.2) is 17.9 Å². The van der Waals surface area contributed by atoms with Gasteiger partial charge >= 0.3 is 0 Å². The summed E-state index contributed by atoms with van der Waals surface area (Å²) in [6.07, 6.45) is 0. The van der Waals surface area contributed by atoms with Crippen molar-refractivity contribution in [2.75, 3.05) is 31.1 Å². The monoisotopic (exact) mass is 486 g/mol. The first-order chi connectivity index (χ1) is 15.8. The van der Waals surface area contributed by atoms with Gasteiger partial charge in [0.25, 0.3) is 5.69 Å². The van der Waals surface area contributed by atoms with E-state index in [9.17, 15) is 18.5 Å². The summed E-state index contributed by atoms with van der Waals surface area (Å²) >= 11 is 6.44. The molecule has 1 aliphatic heterocycles. The lowest BCUT2D eigenvalue weighted by Crippen LogP contribution is -2.49. The quantitative estimate of drug-likeness (QED) is 0.321. The average molecular weight is 487 g/mol. The number of sulfonamides is 1. The van der Waals surface area contributed by atoms with Gasteiger partial charge in [0.05, 0.1) is 21.0 Å². The number of piperazine rings is 1. The number of rotatable bonds is 4. The van der Waals surface area contributed by atoms with Crippen LogP contribution in [0.3, 0.4) is 0 Å². The number of nitro groups is 1. The SMILES string of the molecule is Cc1nn2c(nc(N3CCN(S(=O)(=O)c4cccc([N+](=O)[O-])c4)CC3)c3ccccc32)c1Cl. The highest BCUT2D eigenvalue weighted by Gasteiger charge is 2.31. The molecule has 0 atom stereocenters. The van der Waals surface area contributed by atoms with E-state index < -0.39 is 14.9 Å².